The molecule has 1 aliphatic heterocycles. The van der Waals surface area contributed by atoms with Crippen LogP contribution in [-0.2, 0) is 4.84 Å². The molecule has 2 rings (SSSR count). The molecule has 1 heterocycles. The molecule has 1 aliphatic carbocycles. The SMILES string of the molecule is OCC1=NO[C@@H]2CC(F)(F)C[C@H]12. The Hall–Kier alpha value is -0.710. The van der Waals surface area contributed by atoms with E-state index in [4.69, 9.17) is 9.94 Å². The molecule has 0 saturated heterocycles. The Morgan fingerprint density at radius 2 is 2.33 bits per heavy atom. The summed E-state index contributed by atoms with van der Waals surface area (Å²) in [6.45, 7) is -0.281. The van der Waals surface area contributed by atoms with Crippen LogP contribution in [0.3, 0.4) is 0 Å². The van der Waals surface area contributed by atoms with Crippen LogP contribution in [0.1, 0.15) is 12.8 Å². The van der Waals surface area contributed by atoms with Gasteiger partial charge in [-0.1, -0.05) is 5.16 Å². The van der Waals surface area contributed by atoms with Crippen LogP contribution in [0.2, 0.25) is 0 Å². The summed E-state index contributed by atoms with van der Waals surface area (Å²) in [5.74, 6) is -3.02. The Labute approximate surface area is 68.0 Å². The molecule has 3 nitrogen and oxygen atoms in total. The summed E-state index contributed by atoms with van der Waals surface area (Å²) >= 11 is 0. The molecule has 2 aliphatic rings. The molecule has 0 bridgehead atoms. The van der Waals surface area contributed by atoms with E-state index >= 15 is 0 Å². The van der Waals surface area contributed by atoms with Crippen molar-refractivity contribution in [1.82, 2.24) is 0 Å². The highest BCUT2D eigenvalue weighted by atomic mass is 19.3. The van der Waals surface area contributed by atoms with E-state index in [2.05, 4.69) is 5.16 Å². The number of aliphatic hydroxyl groups is 1. The fourth-order valence-electron chi connectivity index (χ4n) is 1.77. The molecule has 0 radical (unpaired) electrons. The van der Waals surface area contributed by atoms with Crippen molar-refractivity contribution in [1.29, 1.82) is 0 Å². The molecule has 12 heavy (non-hydrogen) atoms. The zero-order valence-electron chi connectivity index (χ0n) is 6.33. The standard InChI is InChI=1S/C7H9F2NO2/c8-7(9)1-4-5(3-11)10-12-6(4)2-7/h4,6,11H,1-3H2/t4-,6-/m1/s1. The van der Waals surface area contributed by atoms with Crippen molar-refractivity contribution in [2.24, 2.45) is 11.1 Å². The summed E-state index contributed by atoms with van der Waals surface area (Å²) in [5.41, 5.74) is 0.358. The molecule has 0 aromatic carbocycles. The lowest BCUT2D eigenvalue weighted by atomic mass is 10.0. The van der Waals surface area contributed by atoms with Gasteiger partial charge in [0.1, 0.15) is 6.10 Å². The van der Waals surface area contributed by atoms with E-state index in [0.29, 0.717) is 5.71 Å². The van der Waals surface area contributed by atoms with Crippen LogP contribution in [-0.4, -0.2) is 29.5 Å². The molecule has 0 spiro atoms. The van der Waals surface area contributed by atoms with Gasteiger partial charge >= 0.3 is 0 Å². The summed E-state index contributed by atoms with van der Waals surface area (Å²) in [7, 11) is 0. The summed E-state index contributed by atoms with van der Waals surface area (Å²) in [4.78, 5) is 4.76. The van der Waals surface area contributed by atoms with Crippen molar-refractivity contribution in [3.8, 4) is 0 Å². The summed E-state index contributed by atoms with van der Waals surface area (Å²) in [6.07, 6.45) is -1.02. The average Bonchev–Trinajstić information content (AvgIpc) is 2.42. The zero-order valence-corrected chi connectivity index (χ0v) is 6.33. The lowest BCUT2D eigenvalue weighted by molar-refractivity contribution is -0.0168. The summed E-state index contributed by atoms with van der Waals surface area (Å²) in [6, 6.07) is 0. The van der Waals surface area contributed by atoms with Gasteiger partial charge < -0.3 is 9.94 Å². The van der Waals surface area contributed by atoms with Gasteiger partial charge in [0, 0.05) is 12.3 Å². The molecular weight excluding hydrogens is 168 g/mol. The van der Waals surface area contributed by atoms with Crippen LogP contribution in [0.25, 0.3) is 0 Å². The fraction of sp³-hybridized carbons (Fsp3) is 0.857. The van der Waals surface area contributed by atoms with E-state index in [1.165, 1.54) is 0 Å². The molecule has 0 aromatic rings. The largest absolute Gasteiger partial charge is 0.392 e. The molecule has 1 N–H and O–H groups in total. The van der Waals surface area contributed by atoms with Gasteiger partial charge in [-0.3, -0.25) is 0 Å². The molecule has 68 valence electrons. The number of hydrogen-bond donors (Lipinski definition) is 1. The molecule has 0 unspecified atom stereocenters. The fourth-order valence-corrected chi connectivity index (χ4v) is 1.77. The number of nitrogens with zero attached hydrogens (tertiary/aromatic N) is 1. The van der Waals surface area contributed by atoms with Crippen LogP contribution < -0.4 is 0 Å². The number of hydrogen-bond acceptors (Lipinski definition) is 3. The zero-order chi connectivity index (χ0) is 8.77. The Bertz CT molecular complexity index is 229. The Morgan fingerprint density at radius 3 is 3.00 bits per heavy atom. The minimum Gasteiger partial charge on any atom is -0.392 e. The van der Waals surface area contributed by atoms with Gasteiger partial charge in [0.05, 0.1) is 18.7 Å². The predicted molar refractivity (Wildman–Crippen MR) is 37.1 cm³/mol. The monoisotopic (exact) mass is 177 g/mol. The Balaban J connectivity index is 2.12. The third kappa shape index (κ3) is 1.08. The van der Waals surface area contributed by atoms with Gasteiger partial charge in [0.2, 0.25) is 0 Å². The Morgan fingerprint density at radius 1 is 1.58 bits per heavy atom. The van der Waals surface area contributed by atoms with E-state index in [1.807, 2.05) is 0 Å². The number of aliphatic hydroxyl groups excluding tert-OH is 1. The highest BCUT2D eigenvalue weighted by molar-refractivity contribution is 5.89. The number of fused-ring (bicyclic) bond motifs is 1. The predicted octanol–water partition coefficient (Wildman–Crippen LogP) is 0.779. The van der Waals surface area contributed by atoms with E-state index in [-0.39, 0.29) is 25.4 Å². The maximum Gasteiger partial charge on any atom is 0.252 e. The van der Waals surface area contributed by atoms with Crippen molar-refractivity contribution in [2.75, 3.05) is 6.61 Å². The van der Waals surface area contributed by atoms with Crippen LogP contribution in [0, 0.1) is 5.92 Å². The first kappa shape index (κ1) is 7.91. The van der Waals surface area contributed by atoms with Gasteiger partial charge in [-0.15, -0.1) is 0 Å². The lowest BCUT2D eigenvalue weighted by Crippen LogP contribution is -2.19. The first-order valence-electron chi connectivity index (χ1n) is 3.84. The molecule has 5 heteroatoms. The average molecular weight is 177 g/mol. The third-order valence-corrected chi connectivity index (χ3v) is 2.36. The highest BCUT2D eigenvalue weighted by Gasteiger charge is 2.52. The third-order valence-electron chi connectivity index (χ3n) is 2.36. The minimum atomic E-state index is -2.65. The van der Waals surface area contributed by atoms with Crippen LogP contribution in [0.15, 0.2) is 5.16 Å². The topological polar surface area (TPSA) is 41.8 Å². The van der Waals surface area contributed by atoms with Gasteiger partial charge in [-0.05, 0) is 0 Å². The molecule has 0 aromatic heterocycles. The normalized spacial score (nSPS) is 37.4. The van der Waals surface area contributed by atoms with E-state index in [1.54, 1.807) is 0 Å². The molecule has 2 atom stereocenters. The van der Waals surface area contributed by atoms with Crippen molar-refractivity contribution in [3.05, 3.63) is 0 Å². The highest BCUT2D eigenvalue weighted by Crippen LogP contribution is 2.43. The number of rotatable bonds is 1. The minimum absolute atomic E-state index is 0.239. The van der Waals surface area contributed by atoms with Crippen molar-refractivity contribution >= 4 is 5.71 Å². The lowest BCUT2D eigenvalue weighted by Gasteiger charge is -2.07. The van der Waals surface area contributed by atoms with Gasteiger partial charge in [0.25, 0.3) is 5.92 Å². The number of alkyl halides is 2. The smallest absolute Gasteiger partial charge is 0.252 e. The number of halogens is 2. The van der Waals surface area contributed by atoms with Gasteiger partial charge in [0.15, 0.2) is 0 Å². The van der Waals surface area contributed by atoms with E-state index in [9.17, 15) is 8.78 Å². The van der Waals surface area contributed by atoms with E-state index in [0.717, 1.165) is 0 Å². The molecular formula is C7H9F2NO2. The van der Waals surface area contributed by atoms with Gasteiger partial charge in [-0.2, -0.15) is 0 Å². The van der Waals surface area contributed by atoms with Crippen molar-refractivity contribution < 1.29 is 18.7 Å². The molecule has 0 amide bonds. The maximum atomic E-state index is 12.8. The van der Waals surface area contributed by atoms with Crippen molar-refractivity contribution in [2.45, 2.75) is 24.9 Å². The van der Waals surface area contributed by atoms with Crippen LogP contribution >= 0.6 is 0 Å². The second-order valence-corrected chi connectivity index (χ2v) is 3.26. The quantitative estimate of drug-likeness (QED) is 0.643. The first-order valence-corrected chi connectivity index (χ1v) is 3.84. The Kier molecular flexibility index (Phi) is 1.57. The second-order valence-electron chi connectivity index (χ2n) is 3.26. The van der Waals surface area contributed by atoms with Crippen LogP contribution in [0.4, 0.5) is 8.78 Å². The molecule has 1 fully saturated rings. The van der Waals surface area contributed by atoms with Gasteiger partial charge in [-0.25, -0.2) is 8.78 Å². The first-order chi connectivity index (χ1) is 5.62. The summed E-state index contributed by atoms with van der Waals surface area (Å²) < 4.78 is 25.5. The second kappa shape index (κ2) is 2.39. The number of oxime groups is 1. The summed E-state index contributed by atoms with van der Waals surface area (Å²) in [5, 5.41) is 12.3. The molecule has 1 saturated carbocycles. The maximum absolute atomic E-state index is 12.8. The van der Waals surface area contributed by atoms with Crippen LogP contribution in [0.5, 0.6) is 0 Å². The van der Waals surface area contributed by atoms with E-state index < -0.39 is 12.0 Å². The van der Waals surface area contributed by atoms with Crippen molar-refractivity contribution in [3.63, 3.8) is 0 Å².